The Bertz CT molecular complexity index is 461. The predicted molar refractivity (Wildman–Crippen MR) is 111 cm³/mol. The lowest BCUT2D eigenvalue weighted by atomic mass is 9.83. The second kappa shape index (κ2) is 12.2. The summed E-state index contributed by atoms with van der Waals surface area (Å²) in [5.41, 5.74) is 0.316. The number of amides is 1. The molecule has 6 heteroatoms. The highest BCUT2D eigenvalue weighted by Crippen LogP contribution is 2.41. The molecule has 2 rings (SSSR count). The van der Waals surface area contributed by atoms with Gasteiger partial charge in [0.2, 0.25) is 5.91 Å². The van der Waals surface area contributed by atoms with Crippen molar-refractivity contribution in [1.82, 2.24) is 15.5 Å². The van der Waals surface area contributed by atoms with Crippen LogP contribution in [0.15, 0.2) is 4.99 Å². The van der Waals surface area contributed by atoms with Crippen molar-refractivity contribution in [3.05, 3.63) is 0 Å². The second-order valence-electron chi connectivity index (χ2n) is 8.12. The molecule has 0 bridgehead atoms. The van der Waals surface area contributed by atoms with Crippen LogP contribution in [0.3, 0.4) is 0 Å². The van der Waals surface area contributed by atoms with Crippen LogP contribution in [-0.4, -0.2) is 63.2 Å². The molecular formula is C21H40N4O2. The standard InChI is InChI=1S/C21H40N4O2/c1-3-22-20(24-18-21(13-17-27-2)11-6-7-12-21)23-14-9-16-25-15-8-4-5-10-19(25)26/h3-18H2,1-2H3,(H2,22,23,24). The molecule has 1 aliphatic heterocycles. The van der Waals surface area contributed by atoms with Gasteiger partial charge in [-0.15, -0.1) is 0 Å². The lowest BCUT2D eigenvalue weighted by molar-refractivity contribution is -0.130. The van der Waals surface area contributed by atoms with E-state index in [1.807, 2.05) is 4.90 Å². The highest BCUT2D eigenvalue weighted by atomic mass is 16.5. The topological polar surface area (TPSA) is 66.0 Å². The number of carbonyl (C=O) groups excluding carboxylic acids is 1. The molecule has 0 atom stereocenters. The summed E-state index contributed by atoms with van der Waals surface area (Å²) >= 11 is 0. The van der Waals surface area contributed by atoms with Crippen molar-refractivity contribution < 1.29 is 9.53 Å². The highest BCUT2D eigenvalue weighted by Gasteiger charge is 2.33. The third kappa shape index (κ3) is 7.68. The van der Waals surface area contributed by atoms with Crippen LogP contribution >= 0.6 is 0 Å². The molecule has 2 aliphatic rings. The van der Waals surface area contributed by atoms with Crippen LogP contribution in [0, 0.1) is 5.41 Å². The van der Waals surface area contributed by atoms with Crippen LogP contribution in [0.2, 0.25) is 0 Å². The zero-order chi connectivity index (χ0) is 19.4. The third-order valence-corrected chi connectivity index (χ3v) is 5.99. The fourth-order valence-corrected chi connectivity index (χ4v) is 4.27. The Kier molecular flexibility index (Phi) is 9.95. The molecule has 6 nitrogen and oxygen atoms in total. The van der Waals surface area contributed by atoms with E-state index in [2.05, 4.69) is 17.6 Å². The van der Waals surface area contributed by atoms with Crippen molar-refractivity contribution in [2.24, 2.45) is 10.4 Å². The normalized spacial score (nSPS) is 20.6. The summed E-state index contributed by atoms with van der Waals surface area (Å²) in [7, 11) is 1.78. The molecule has 0 aromatic heterocycles. The first-order chi connectivity index (χ1) is 13.2. The van der Waals surface area contributed by atoms with Gasteiger partial charge in [-0.05, 0) is 50.9 Å². The maximum atomic E-state index is 12.1. The Hall–Kier alpha value is -1.30. The van der Waals surface area contributed by atoms with Gasteiger partial charge in [0.1, 0.15) is 0 Å². The molecule has 1 saturated heterocycles. The maximum absolute atomic E-state index is 12.1. The smallest absolute Gasteiger partial charge is 0.222 e. The quantitative estimate of drug-likeness (QED) is 0.347. The number of methoxy groups -OCH3 is 1. The molecule has 1 amide bonds. The number of ether oxygens (including phenoxy) is 1. The second-order valence-corrected chi connectivity index (χ2v) is 8.12. The molecule has 1 heterocycles. The van der Waals surface area contributed by atoms with Crippen molar-refractivity contribution >= 4 is 11.9 Å². The molecule has 1 aliphatic carbocycles. The lowest BCUT2D eigenvalue weighted by Crippen LogP contribution is -2.40. The van der Waals surface area contributed by atoms with Gasteiger partial charge in [-0.3, -0.25) is 9.79 Å². The zero-order valence-electron chi connectivity index (χ0n) is 17.5. The van der Waals surface area contributed by atoms with E-state index in [4.69, 9.17) is 9.73 Å². The van der Waals surface area contributed by atoms with E-state index in [9.17, 15) is 4.79 Å². The van der Waals surface area contributed by atoms with E-state index in [1.165, 1.54) is 32.1 Å². The van der Waals surface area contributed by atoms with Gasteiger partial charge in [-0.1, -0.05) is 19.3 Å². The van der Waals surface area contributed by atoms with E-state index in [0.29, 0.717) is 11.3 Å². The first-order valence-corrected chi connectivity index (χ1v) is 11.0. The lowest BCUT2D eigenvalue weighted by Gasteiger charge is -2.27. The van der Waals surface area contributed by atoms with Gasteiger partial charge >= 0.3 is 0 Å². The number of hydrogen-bond acceptors (Lipinski definition) is 3. The van der Waals surface area contributed by atoms with Crippen molar-refractivity contribution in [2.75, 3.05) is 46.4 Å². The van der Waals surface area contributed by atoms with Gasteiger partial charge in [0, 0.05) is 52.9 Å². The SMILES string of the molecule is CCNC(=NCC1(CCOC)CCCC1)NCCCN1CCCCCC1=O. The van der Waals surface area contributed by atoms with Gasteiger partial charge < -0.3 is 20.3 Å². The molecule has 1 saturated carbocycles. The average molecular weight is 381 g/mol. The average Bonchev–Trinajstić information content (AvgIpc) is 3.05. The van der Waals surface area contributed by atoms with Crippen LogP contribution in [0.5, 0.6) is 0 Å². The third-order valence-electron chi connectivity index (χ3n) is 5.99. The summed E-state index contributed by atoms with van der Waals surface area (Å²) in [5.74, 6) is 1.23. The number of likely N-dealkylation sites (tertiary alicyclic amines) is 1. The first-order valence-electron chi connectivity index (χ1n) is 11.0. The van der Waals surface area contributed by atoms with Gasteiger partial charge in [-0.2, -0.15) is 0 Å². The molecule has 0 aromatic carbocycles. The van der Waals surface area contributed by atoms with Crippen molar-refractivity contribution in [3.63, 3.8) is 0 Å². The van der Waals surface area contributed by atoms with Crippen molar-refractivity contribution in [2.45, 2.75) is 71.1 Å². The zero-order valence-corrected chi connectivity index (χ0v) is 17.5. The summed E-state index contributed by atoms with van der Waals surface area (Å²) in [6, 6.07) is 0. The number of nitrogens with zero attached hydrogens (tertiary/aromatic N) is 2. The number of carbonyl (C=O) groups is 1. The minimum atomic E-state index is 0.316. The predicted octanol–water partition coefficient (Wildman–Crippen LogP) is 2.93. The minimum Gasteiger partial charge on any atom is -0.385 e. The Balaban J connectivity index is 1.77. The van der Waals surface area contributed by atoms with Gasteiger partial charge in [0.15, 0.2) is 5.96 Å². The molecule has 2 N–H and O–H groups in total. The summed E-state index contributed by atoms with van der Waals surface area (Å²) in [4.78, 5) is 19.0. The van der Waals surface area contributed by atoms with Gasteiger partial charge in [-0.25, -0.2) is 0 Å². The molecule has 0 aromatic rings. The van der Waals surface area contributed by atoms with Gasteiger partial charge in [0.25, 0.3) is 0 Å². The number of aliphatic imine (C=N–C) groups is 1. The fourth-order valence-electron chi connectivity index (χ4n) is 4.27. The van der Waals surface area contributed by atoms with Crippen LogP contribution in [0.1, 0.15) is 71.1 Å². The monoisotopic (exact) mass is 380 g/mol. The van der Waals surface area contributed by atoms with E-state index < -0.39 is 0 Å². The van der Waals surface area contributed by atoms with Crippen molar-refractivity contribution in [1.29, 1.82) is 0 Å². The fraction of sp³-hybridized carbons (Fsp3) is 0.905. The number of rotatable bonds is 10. The maximum Gasteiger partial charge on any atom is 0.222 e. The molecule has 27 heavy (non-hydrogen) atoms. The van der Waals surface area contributed by atoms with E-state index in [1.54, 1.807) is 7.11 Å². The summed E-state index contributed by atoms with van der Waals surface area (Å²) in [6.45, 7) is 7.28. The van der Waals surface area contributed by atoms with E-state index in [-0.39, 0.29) is 0 Å². The largest absolute Gasteiger partial charge is 0.385 e. The molecule has 156 valence electrons. The Morgan fingerprint density at radius 1 is 1.19 bits per heavy atom. The summed E-state index contributed by atoms with van der Waals surface area (Å²) in [5, 5.41) is 6.82. The highest BCUT2D eigenvalue weighted by molar-refractivity contribution is 5.79. The molecular weight excluding hydrogens is 340 g/mol. The van der Waals surface area contributed by atoms with E-state index in [0.717, 1.165) is 77.4 Å². The molecule has 0 unspecified atom stereocenters. The number of nitrogens with one attached hydrogen (secondary N) is 2. The Morgan fingerprint density at radius 2 is 2.00 bits per heavy atom. The molecule has 0 radical (unpaired) electrons. The van der Waals surface area contributed by atoms with E-state index >= 15 is 0 Å². The summed E-state index contributed by atoms with van der Waals surface area (Å²) < 4.78 is 5.33. The minimum absolute atomic E-state index is 0.316. The van der Waals surface area contributed by atoms with Crippen LogP contribution in [0.4, 0.5) is 0 Å². The van der Waals surface area contributed by atoms with Crippen LogP contribution in [-0.2, 0) is 9.53 Å². The van der Waals surface area contributed by atoms with Crippen molar-refractivity contribution in [3.8, 4) is 0 Å². The number of hydrogen-bond donors (Lipinski definition) is 2. The van der Waals surface area contributed by atoms with Crippen LogP contribution in [0.25, 0.3) is 0 Å². The van der Waals surface area contributed by atoms with Gasteiger partial charge in [0.05, 0.1) is 0 Å². The molecule has 0 spiro atoms. The Labute approximate surface area is 165 Å². The number of guanidine groups is 1. The summed E-state index contributed by atoms with van der Waals surface area (Å²) in [6.07, 6.45) is 11.3. The Morgan fingerprint density at radius 3 is 2.74 bits per heavy atom. The first kappa shape index (κ1) is 22.0. The van der Waals surface area contributed by atoms with Crippen LogP contribution < -0.4 is 10.6 Å². The molecule has 2 fully saturated rings.